The van der Waals surface area contributed by atoms with Gasteiger partial charge < -0.3 is 11.2 Å². The van der Waals surface area contributed by atoms with Crippen molar-refractivity contribution in [2.75, 3.05) is 17.7 Å². The second-order valence-corrected chi connectivity index (χ2v) is 7.05. The number of aromatic nitrogens is 2. The van der Waals surface area contributed by atoms with Crippen molar-refractivity contribution in [2.45, 2.75) is 33.4 Å². The minimum Gasteiger partial charge on any atom is -0.368 e. The molecule has 1 aromatic heterocycles. The number of benzene rings is 1. The van der Waals surface area contributed by atoms with Crippen molar-refractivity contribution in [3.63, 3.8) is 0 Å². The molecule has 1 aromatic carbocycles. The molecule has 142 valence electrons. The summed E-state index contributed by atoms with van der Waals surface area (Å²) in [5.74, 6) is -0.868. The number of rotatable bonds is 5. The molecule has 0 bridgehead atoms. The number of anilines is 2. The minimum atomic E-state index is -4.62. The van der Waals surface area contributed by atoms with Gasteiger partial charge in [0.2, 0.25) is 5.95 Å². The zero-order valence-electron chi connectivity index (χ0n) is 14.7. The number of nitrogens with zero attached hydrogens (tertiary/aromatic N) is 2. The molecule has 0 unspecified atom stereocenters. The largest absolute Gasteiger partial charge is 0.416 e. The van der Waals surface area contributed by atoms with Gasteiger partial charge in [0.1, 0.15) is 11.6 Å². The summed E-state index contributed by atoms with van der Waals surface area (Å²) in [5, 5.41) is 0. The topological polar surface area (TPSA) is 75.9 Å². The summed E-state index contributed by atoms with van der Waals surface area (Å²) in [4.78, 5) is 7.87. The molecule has 0 amide bonds. The van der Waals surface area contributed by atoms with Crippen molar-refractivity contribution in [2.24, 2.45) is 5.41 Å². The molecule has 26 heavy (non-hydrogen) atoms. The van der Waals surface area contributed by atoms with E-state index in [0.717, 1.165) is 18.6 Å². The summed E-state index contributed by atoms with van der Waals surface area (Å²) in [6.07, 6.45) is -3.73. The van der Waals surface area contributed by atoms with Gasteiger partial charge in [-0.1, -0.05) is 20.8 Å². The second kappa shape index (κ2) is 7.45. The number of hydrazine groups is 1. The van der Waals surface area contributed by atoms with E-state index in [9.17, 15) is 17.6 Å². The fourth-order valence-electron chi connectivity index (χ4n) is 2.16. The van der Waals surface area contributed by atoms with Crippen LogP contribution in [0.25, 0.3) is 11.3 Å². The molecule has 0 saturated heterocycles. The Hall–Kier alpha value is -2.42. The first-order chi connectivity index (χ1) is 12.0. The van der Waals surface area contributed by atoms with Gasteiger partial charge in [-0.05, 0) is 30.0 Å². The Kier molecular flexibility index (Phi) is 5.70. The van der Waals surface area contributed by atoms with Crippen LogP contribution in [0.15, 0.2) is 24.3 Å². The number of nitrogens with two attached hydrogens (primary N) is 1. The zero-order chi connectivity index (χ0) is 19.5. The fourth-order valence-corrected chi connectivity index (χ4v) is 2.16. The number of alkyl halides is 3. The highest BCUT2D eigenvalue weighted by Crippen LogP contribution is 2.32. The van der Waals surface area contributed by atoms with Gasteiger partial charge in [-0.3, -0.25) is 0 Å². The second-order valence-electron chi connectivity index (χ2n) is 7.05. The molecule has 2 rings (SSSR count). The molecule has 0 spiro atoms. The highest BCUT2D eigenvalue weighted by molar-refractivity contribution is 5.65. The van der Waals surface area contributed by atoms with E-state index in [1.165, 1.54) is 6.07 Å². The molecule has 0 aliphatic heterocycles. The van der Waals surface area contributed by atoms with Gasteiger partial charge >= 0.3 is 6.18 Å². The molecular formula is C17H21F4N5. The quantitative estimate of drug-likeness (QED) is 0.416. The Balaban J connectivity index is 2.19. The predicted molar refractivity (Wildman–Crippen MR) is 92.5 cm³/mol. The maximum absolute atomic E-state index is 14.1. The van der Waals surface area contributed by atoms with E-state index in [1.807, 2.05) is 0 Å². The highest BCUT2D eigenvalue weighted by Gasteiger charge is 2.31. The van der Waals surface area contributed by atoms with E-state index in [1.54, 1.807) is 0 Å². The van der Waals surface area contributed by atoms with Crippen molar-refractivity contribution in [1.82, 2.24) is 15.4 Å². The van der Waals surface area contributed by atoms with E-state index >= 15 is 0 Å². The summed E-state index contributed by atoms with van der Waals surface area (Å²) in [5.41, 5.74) is 10.5. The number of hydrogen-bond acceptors (Lipinski definition) is 5. The van der Waals surface area contributed by atoms with E-state index in [4.69, 9.17) is 5.73 Å². The summed E-state index contributed by atoms with van der Waals surface area (Å²) in [6.45, 7) is 6.95. The van der Waals surface area contributed by atoms with Crippen LogP contribution in [0.4, 0.5) is 29.3 Å². The van der Waals surface area contributed by atoms with E-state index in [-0.39, 0.29) is 22.6 Å². The monoisotopic (exact) mass is 371 g/mol. The Morgan fingerprint density at radius 2 is 1.77 bits per heavy atom. The average Bonchev–Trinajstić information content (AvgIpc) is 2.49. The van der Waals surface area contributed by atoms with Crippen molar-refractivity contribution in [3.05, 3.63) is 35.6 Å². The van der Waals surface area contributed by atoms with Gasteiger partial charge in [0.05, 0.1) is 11.3 Å². The Morgan fingerprint density at radius 3 is 2.35 bits per heavy atom. The fraction of sp³-hybridized carbons (Fsp3) is 0.412. The molecule has 9 heteroatoms. The smallest absolute Gasteiger partial charge is 0.368 e. The highest BCUT2D eigenvalue weighted by atomic mass is 19.4. The molecule has 0 radical (unpaired) electrons. The Labute approximate surface area is 149 Å². The molecule has 0 fully saturated rings. The van der Waals surface area contributed by atoms with Crippen LogP contribution in [-0.2, 0) is 6.18 Å². The molecular weight excluding hydrogens is 350 g/mol. The molecule has 0 saturated carbocycles. The summed E-state index contributed by atoms with van der Waals surface area (Å²) >= 11 is 0. The van der Waals surface area contributed by atoms with Gasteiger partial charge in [0.15, 0.2) is 0 Å². The number of nitrogen functional groups attached to an aromatic ring is 1. The third kappa shape index (κ3) is 5.55. The number of hydrogen-bond donors (Lipinski definition) is 3. The molecule has 4 N–H and O–H groups in total. The van der Waals surface area contributed by atoms with Crippen molar-refractivity contribution in [1.29, 1.82) is 0 Å². The molecule has 1 heterocycles. The van der Waals surface area contributed by atoms with Gasteiger partial charge in [-0.2, -0.15) is 18.2 Å². The minimum absolute atomic E-state index is 0.0869. The van der Waals surface area contributed by atoms with Crippen LogP contribution in [0.2, 0.25) is 0 Å². The van der Waals surface area contributed by atoms with Crippen LogP contribution in [0.5, 0.6) is 0 Å². The Bertz CT molecular complexity index is 769. The first kappa shape index (κ1) is 19.9. The maximum atomic E-state index is 14.1. The molecule has 0 atom stereocenters. The van der Waals surface area contributed by atoms with Crippen LogP contribution < -0.4 is 16.6 Å². The van der Waals surface area contributed by atoms with E-state index < -0.39 is 17.6 Å². The molecule has 5 nitrogen and oxygen atoms in total. The van der Waals surface area contributed by atoms with Crippen LogP contribution in [0.1, 0.15) is 32.8 Å². The Morgan fingerprint density at radius 1 is 1.08 bits per heavy atom. The molecule has 0 aliphatic rings. The standard InChI is InChI=1S/C17H21F4N5/c1-16(2,3)6-7-23-26-14-9-13(24-15(22)25-14)11-5-4-10(8-12(11)18)17(19,20)21/h4-5,8-9,23H,6-7H2,1-3H3,(H3,22,24,25,26). The number of nitrogens with one attached hydrogen (secondary N) is 2. The third-order valence-electron chi connectivity index (χ3n) is 3.53. The summed E-state index contributed by atoms with van der Waals surface area (Å²) < 4.78 is 52.1. The van der Waals surface area contributed by atoms with Crippen LogP contribution in [0.3, 0.4) is 0 Å². The lowest BCUT2D eigenvalue weighted by Gasteiger charge is -2.18. The average molecular weight is 371 g/mol. The van der Waals surface area contributed by atoms with Gasteiger partial charge in [-0.25, -0.2) is 14.8 Å². The summed E-state index contributed by atoms with van der Waals surface area (Å²) in [6, 6.07) is 3.66. The van der Waals surface area contributed by atoms with E-state index in [0.29, 0.717) is 18.4 Å². The normalized spacial score (nSPS) is 12.3. The van der Waals surface area contributed by atoms with Crippen LogP contribution in [-0.4, -0.2) is 16.5 Å². The van der Waals surface area contributed by atoms with Crippen molar-refractivity contribution in [3.8, 4) is 11.3 Å². The van der Waals surface area contributed by atoms with Gasteiger partial charge in [0, 0.05) is 18.2 Å². The van der Waals surface area contributed by atoms with Gasteiger partial charge in [-0.15, -0.1) is 0 Å². The molecule has 0 aliphatic carbocycles. The maximum Gasteiger partial charge on any atom is 0.416 e. The van der Waals surface area contributed by atoms with Crippen molar-refractivity contribution < 1.29 is 17.6 Å². The van der Waals surface area contributed by atoms with Crippen molar-refractivity contribution >= 4 is 11.8 Å². The van der Waals surface area contributed by atoms with Crippen LogP contribution in [0, 0.1) is 11.2 Å². The van der Waals surface area contributed by atoms with Crippen LogP contribution >= 0.6 is 0 Å². The lowest BCUT2D eigenvalue weighted by molar-refractivity contribution is -0.137. The molecule has 2 aromatic rings. The summed E-state index contributed by atoms with van der Waals surface area (Å²) in [7, 11) is 0. The first-order valence-corrected chi connectivity index (χ1v) is 7.96. The zero-order valence-corrected chi connectivity index (χ0v) is 14.7. The first-order valence-electron chi connectivity index (χ1n) is 7.96. The van der Waals surface area contributed by atoms with Gasteiger partial charge in [0.25, 0.3) is 0 Å². The lowest BCUT2D eigenvalue weighted by Crippen LogP contribution is -2.26. The predicted octanol–water partition coefficient (Wildman–Crippen LogP) is 4.24. The SMILES string of the molecule is CC(C)(C)CCNNc1cc(-c2ccc(C(F)(F)F)cc2F)nc(N)n1. The number of halogens is 4. The lowest BCUT2D eigenvalue weighted by atomic mass is 9.93. The third-order valence-corrected chi connectivity index (χ3v) is 3.53. The van der Waals surface area contributed by atoms with E-state index in [2.05, 4.69) is 41.6 Å².